The van der Waals surface area contributed by atoms with Crippen molar-refractivity contribution >= 4 is 29.0 Å². The smallest absolute Gasteiger partial charge is 0.234 e. The van der Waals surface area contributed by atoms with Gasteiger partial charge in [0, 0.05) is 35.8 Å². The second kappa shape index (κ2) is 8.97. The van der Waals surface area contributed by atoms with Crippen molar-refractivity contribution in [1.29, 1.82) is 0 Å². The summed E-state index contributed by atoms with van der Waals surface area (Å²) in [4.78, 5) is 19.1. The van der Waals surface area contributed by atoms with Crippen LogP contribution in [0.5, 0.6) is 0 Å². The number of aromatic nitrogens is 1. The standard InChI is InChI=1S/C22H23N3O2S/c26-21(23-18-9-6-10-20(13-18)25-11-4-5-12-25)16-28-15-19-14-27-22(24-19)17-7-2-1-3-8-17/h1-3,6-10,13-14H,4-5,11-12,15-16H2,(H,23,26). The number of nitrogens with one attached hydrogen (secondary N) is 1. The van der Waals surface area contributed by atoms with Gasteiger partial charge in [-0.3, -0.25) is 4.79 Å². The molecule has 3 aromatic rings. The Morgan fingerprint density at radius 2 is 1.93 bits per heavy atom. The molecule has 0 saturated carbocycles. The van der Waals surface area contributed by atoms with E-state index in [0.717, 1.165) is 30.0 Å². The van der Waals surface area contributed by atoms with Gasteiger partial charge in [-0.05, 0) is 43.2 Å². The van der Waals surface area contributed by atoms with Crippen LogP contribution in [-0.4, -0.2) is 29.7 Å². The molecule has 1 aliphatic rings. The van der Waals surface area contributed by atoms with Crippen molar-refractivity contribution in [3.05, 3.63) is 66.6 Å². The lowest BCUT2D eigenvalue weighted by molar-refractivity contribution is -0.113. The van der Waals surface area contributed by atoms with Crippen molar-refractivity contribution < 1.29 is 9.21 Å². The predicted molar refractivity (Wildman–Crippen MR) is 115 cm³/mol. The highest BCUT2D eigenvalue weighted by Crippen LogP contribution is 2.24. The van der Waals surface area contributed by atoms with E-state index in [1.807, 2.05) is 42.5 Å². The van der Waals surface area contributed by atoms with E-state index >= 15 is 0 Å². The van der Waals surface area contributed by atoms with Crippen LogP contribution in [0.25, 0.3) is 11.5 Å². The third-order valence-corrected chi connectivity index (χ3v) is 5.62. The lowest BCUT2D eigenvalue weighted by atomic mass is 10.2. The average molecular weight is 394 g/mol. The van der Waals surface area contributed by atoms with E-state index in [2.05, 4.69) is 27.3 Å². The van der Waals surface area contributed by atoms with Crippen molar-refractivity contribution in [1.82, 2.24) is 4.98 Å². The highest BCUT2D eigenvalue weighted by atomic mass is 32.2. The van der Waals surface area contributed by atoms with Gasteiger partial charge in [0.1, 0.15) is 6.26 Å². The Morgan fingerprint density at radius 1 is 1.11 bits per heavy atom. The summed E-state index contributed by atoms with van der Waals surface area (Å²) < 4.78 is 5.54. The van der Waals surface area contributed by atoms with Gasteiger partial charge in [-0.1, -0.05) is 24.3 Å². The second-order valence-corrected chi connectivity index (χ2v) is 7.78. The van der Waals surface area contributed by atoms with E-state index in [-0.39, 0.29) is 5.91 Å². The van der Waals surface area contributed by atoms with Crippen molar-refractivity contribution in [2.24, 2.45) is 0 Å². The Kier molecular flexibility index (Phi) is 5.97. The molecule has 1 amide bonds. The molecule has 1 saturated heterocycles. The summed E-state index contributed by atoms with van der Waals surface area (Å²) in [5.41, 5.74) is 3.82. The maximum atomic E-state index is 12.3. The van der Waals surface area contributed by atoms with Crippen molar-refractivity contribution in [3.8, 4) is 11.5 Å². The first-order chi connectivity index (χ1) is 13.8. The Bertz CT molecular complexity index is 920. The Hall–Kier alpha value is -2.73. The van der Waals surface area contributed by atoms with Gasteiger partial charge in [0.15, 0.2) is 0 Å². The highest BCUT2D eigenvalue weighted by molar-refractivity contribution is 7.99. The largest absolute Gasteiger partial charge is 0.444 e. The molecular weight excluding hydrogens is 370 g/mol. The molecule has 28 heavy (non-hydrogen) atoms. The molecule has 144 valence electrons. The van der Waals surface area contributed by atoms with Gasteiger partial charge in [0.2, 0.25) is 11.8 Å². The molecule has 0 atom stereocenters. The molecule has 2 aromatic carbocycles. The summed E-state index contributed by atoms with van der Waals surface area (Å²) in [7, 11) is 0. The van der Waals surface area contributed by atoms with Crippen LogP contribution in [0.3, 0.4) is 0 Å². The van der Waals surface area contributed by atoms with Gasteiger partial charge in [-0.2, -0.15) is 0 Å². The zero-order chi connectivity index (χ0) is 19.2. The van der Waals surface area contributed by atoms with Crippen molar-refractivity contribution in [3.63, 3.8) is 0 Å². The number of benzene rings is 2. The number of carbonyl (C=O) groups is 1. The molecular formula is C22H23N3O2S. The number of hydrogen-bond donors (Lipinski definition) is 1. The number of anilines is 2. The van der Waals surface area contributed by atoms with Crippen LogP contribution in [0, 0.1) is 0 Å². The number of thioether (sulfide) groups is 1. The molecule has 0 radical (unpaired) electrons. The van der Waals surface area contributed by atoms with E-state index < -0.39 is 0 Å². The zero-order valence-corrected chi connectivity index (χ0v) is 16.5. The number of carbonyl (C=O) groups excluding carboxylic acids is 1. The fraction of sp³-hybridized carbons (Fsp3) is 0.273. The van der Waals surface area contributed by atoms with E-state index in [4.69, 9.17) is 4.42 Å². The van der Waals surface area contributed by atoms with E-state index in [1.165, 1.54) is 30.3 Å². The quantitative estimate of drug-likeness (QED) is 0.624. The van der Waals surface area contributed by atoms with Crippen LogP contribution in [0.2, 0.25) is 0 Å². The number of oxazole rings is 1. The lowest BCUT2D eigenvalue weighted by Gasteiger charge is -2.18. The van der Waals surface area contributed by atoms with Crippen LogP contribution in [0.1, 0.15) is 18.5 Å². The van der Waals surface area contributed by atoms with Gasteiger partial charge in [0.25, 0.3) is 0 Å². The van der Waals surface area contributed by atoms with Gasteiger partial charge in [-0.25, -0.2) is 4.98 Å². The molecule has 0 unspecified atom stereocenters. The monoisotopic (exact) mass is 393 g/mol. The molecule has 1 N–H and O–H groups in total. The molecule has 4 rings (SSSR count). The molecule has 6 heteroatoms. The number of hydrogen-bond acceptors (Lipinski definition) is 5. The molecule has 0 spiro atoms. The van der Waals surface area contributed by atoms with Crippen molar-refractivity contribution in [2.45, 2.75) is 18.6 Å². The second-order valence-electron chi connectivity index (χ2n) is 6.80. The molecule has 5 nitrogen and oxygen atoms in total. The Labute approximate surface area is 169 Å². The van der Waals surface area contributed by atoms with Gasteiger partial charge in [-0.15, -0.1) is 11.8 Å². The minimum Gasteiger partial charge on any atom is -0.444 e. The summed E-state index contributed by atoms with van der Waals surface area (Å²) in [5, 5.41) is 2.99. The topological polar surface area (TPSA) is 58.4 Å². The summed E-state index contributed by atoms with van der Waals surface area (Å²) in [6.45, 7) is 2.19. The van der Waals surface area contributed by atoms with Crippen molar-refractivity contribution in [2.75, 3.05) is 29.1 Å². The summed E-state index contributed by atoms with van der Waals surface area (Å²) in [6.07, 6.45) is 4.13. The minimum absolute atomic E-state index is 0.00431. The molecule has 0 aliphatic carbocycles. The SMILES string of the molecule is O=C(CSCc1coc(-c2ccccc2)n1)Nc1cccc(N2CCCC2)c1. The first kappa shape index (κ1) is 18.6. The van der Waals surface area contributed by atoms with E-state index in [1.54, 1.807) is 6.26 Å². The molecule has 1 fully saturated rings. The van der Waals surface area contributed by atoms with E-state index in [9.17, 15) is 4.79 Å². The molecule has 1 aliphatic heterocycles. The third kappa shape index (κ3) is 4.75. The van der Waals surface area contributed by atoms with E-state index in [0.29, 0.717) is 17.4 Å². The fourth-order valence-electron chi connectivity index (χ4n) is 3.29. The predicted octanol–water partition coefficient (Wildman–Crippen LogP) is 4.81. The highest BCUT2D eigenvalue weighted by Gasteiger charge is 2.13. The zero-order valence-electron chi connectivity index (χ0n) is 15.6. The van der Waals surface area contributed by atoms with Gasteiger partial charge >= 0.3 is 0 Å². The first-order valence-corrected chi connectivity index (χ1v) is 10.7. The molecule has 1 aromatic heterocycles. The summed E-state index contributed by atoms with van der Waals surface area (Å²) in [6, 6.07) is 17.9. The van der Waals surface area contributed by atoms with Gasteiger partial charge in [0.05, 0.1) is 11.4 Å². The van der Waals surface area contributed by atoms with Crippen LogP contribution in [0.4, 0.5) is 11.4 Å². The average Bonchev–Trinajstić information content (AvgIpc) is 3.41. The lowest BCUT2D eigenvalue weighted by Crippen LogP contribution is -2.18. The van der Waals surface area contributed by atoms with Crippen LogP contribution in [0.15, 0.2) is 65.3 Å². The Balaban J connectivity index is 1.26. The summed E-state index contributed by atoms with van der Waals surface area (Å²) >= 11 is 1.53. The number of rotatable bonds is 7. The molecule has 0 bridgehead atoms. The molecule has 2 heterocycles. The first-order valence-electron chi connectivity index (χ1n) is 9.50. The normalized spacial score (nSPS) is 13.6. The van der Waals surface area contributed by atoms with Gasteiger partial charge < -0.3 is 14.6 Å². The van der Waals surface area contributed by atoms with Crippen LogP contribution < -0.4 is 10.2 Å². The number of amides is 1. The van der Waals surface area contributed by atoms with Crippen LogP contribution >= 0.6 is 11.8 Å². The van der Waals surface area contributed by atoms with Crippen LogP contribution in [-0.2, 0) is 10.5 Å². The maximum Gasteiger partial charge on any atom is 0.234 e. The maximum absolute atomic E-state index is 12.3. The fourth-order valence-corrected chi connectivity index (χ4v) is 3.99. The third-order valence-electron chi connectivity index (χ3n) is 4.66. The number of nitrogens with zero attached hydrogens (tertiary/aromatic N) is 2. The summed E-state index contributed by atoms with van der Waals surface area (Å²) in [5.74, 6) is 1.62. The minimum atomic E-state index is -0.00431. The Morgan fingerprint density at radius 3 is 2.75 bits per heavy atom.